The third-order valence-corrected chi connectivity index (χ3v) is 3.18. The van der Waals surface area contributed by atoms with Gasteiger partial charge in [0, 0.05) is 18.9 Å². The lowest BCUT2D eigenvalue weighted by Crippen LogP contribution is -2.36. The second-order valence-electron chi connectivity index (χ2n) is 5.40. The molecule has 0 saturated heterocycles. The second kappa shape index (κ2) is 7.83. The van der Waals surface area contributed by atoms with Gasteiger partial charge in [-0.3, -0.25) is 4.79 Å². The number of hydrogen-bond donors (Lipinski definition) is 0. The molecule has 2 nitrogen and oxygen atoms in total. The Kier molecular flexibility index (Phi) is 7.65. The number of hydrogen-bond acceptors (Lipinski definition) is 2. The van der Waals surface area contributed by atoms with Crippen LogP contribution in [-0.4, -0.2) is 30.3 Å². The number of rotatable bonds is 8. The Balaban J connectivity index is 4.42. The molecule has 0 saturated carbocycles. The maximum Gasteiger partial charge on any atom is 0.137 e. The molecule has 2 heteroatoms. The van der Waals surface area contributed by atoms with Gasteiger partial charge in [0.1, 0.15) is 5.78 Å². The Labute approximate surface area is 101 Å². The molecule has 1 atom stereocenters. The topological polar surface area (TPSA) is 20.3 Å². The maximum absolute atomic E-state index is 12.1. The highest BCUT2D eigenvalue weighted by Crippen LogP contribution is 2.18. The Morgan fingerprint density at radius 3 is 1.88 bits per heavy atom. The number of carbonyl (C=O) groups is 1. The number of nitrogens with zero attached hydrogens (tertiary/aromatic N) is 1. The molecule has 0 amide bonds. The van der Waals surface area contributed by atoms with Gasteiger partial charge in [-0.25, -0.2) is 0 Å². The summed E-state index contributed by atoms with van der Waals surface area (Å²) in [4.78, 5) is 14.5. The van der Waals surface area contributed by atoms with Gasteiger partial charge >= 0.3 is 0 Å². The lowest BCUT2D eigenvalue weighted by molar-refractivity contribution is -0.125. The summed E-state index contributed by atoms with van der Waals surface area (Å²) in [5, 5.41) is 0. The lowest BCUT2D eigenvalue weighted by Gasteiger charge is -2.27. The fraction of sp³-hybridized carbons (Fsp3) is 0.929. The highest BCUT2D eigenvalue weighted by Gasteiger charge is 2.24. The molecule has 0 aliphatic rings. The van der Waals surface area contributed by atoms with Gasteiger partial charge in [-0.15, -0.1) is 0 Å². The fourth-order valence-electron chi connectivity index (χ4n) is 2.00. The van der Waals surface area contributed by atoms with Crippen molar-refractivity contribution in [2.24, 2.45) is 17.8 Å². The Hall–Kier alpha value is -0.370. The predicted molar refractivity (Wildman–Crippen MR) is 70.6 cm³/mol. The molecule has 16 heavy (non-hydrogen) atoms. The molecule has 0 rings (SSSR count). The van der Waals surface area contributed by atoms with Crippen molar-refractivity contribution in [1.29, 1.82) is 0 Å². The standard InChI is InChI=1S/C14H29NO/c1-7-15(8-2)10-13(12(5)6)14(16)9-11(3)4/h11-13H,7-10H2,1-6H3. The molecule has 0 fully saturated rings. The largest absolute Gasteiger partial charge is 0.303 e. The quantitative estimate of drug-likeness (QED) is 0.634. The van der Waals surface area contributed by atoms with Crippen LogP contribution in [0, 0.1) is 17.8 Å². The number of carbonyl (C=O) groups excluding carboxylic acids is 1. The minimum atomic E-state index is 0.210. The zero-order valence-corrected chi connectivity index (χ0v) is 11.9. The number of ketones is 1. The molecular formula is C14H29NO. The third kappa shape index (κ3) is 5.64. The summed E-state index contributed by atoms with van der Waals surface area (Å²) >= 11 is 0. The first kappa shape index (κ1) is 15.6. The van der Waals surface area contributed by atoms with Crippen LogP contribution in [0.1, 0.15) is 48.0 Å². The van der Waals surface area contributed by atoms with Gasteiger partial charge in [0.15, 0.2) is 0 Å². The van der Waals surface area contributed by atoms with Crippen LogP contribution in [-0.2, 0) is 4.79 Å². The number of Topliss-reactive ketones (excluding diaryl/α,β-unsaturated/α-hetero) is 1. The minimum Gasteiger partial charge on any atom is -0.303 e. The normalized spacial score (nSPS) is 13.8. The summed E-state index contributed by atoms with van der Waals surface area (Å²) in [5.74, 6) is 1.58. The molecule has 0 aliphatic heterocycles. The molecule has 0 heterocycles. The highest BCUT2D eigenvalue weighted by atomic mass is 16.1. The van der Waals surface area contributed by atoms with Crippen molar-refractivity contribution in [1.82, 2.24) is 4.90 Å². The third-order valence-electron chi connectivity index (χ3n) is 3.18. The van der Waals surface area contributed by atoms with E-state index in [4.69, 9.17) is 0 Å². The van der Waals surface area contributed by atoms with Crippen LogP contribution in [0.4, 0.5) is 0 Å². The van der Waals surface area contributed by atoms with E-state index in [1.54, 1.807) is 0 Å². The van der Waals surface area contributed by atoms with Crippen molar-refractivity contribution < 1.29 is 4.79 Å². The lowest BCUT2D eigenvalue weighted by atomic mass is 9.87. The van der Waals surface area contributed by atoms with Crippen molar-refractivity contribution >= 4 is 5.78 Å². The van der Waals surface area contributed by atoms with Gasteiger partial charge in [0.2, 0.25) is 0 Å². The molecule has 0 spiro atoms. The van der Waals surface area contributed by atoms with Gasteiger partial charge in [0.25, 0.3) is 0 Å². The highest BCUT2D eigenvalue weighted by molar-refractivity contribution is 5.81. The summed E-state index contributed by atoms with van der Waals surface area (Å²) in [6, 6.07) is 0. The van der Waals surface area contributed by atoms with Crippen molar-refractivity contribution in [3.8, 4) is 0 Å². The first-order chi connectivity index (χ1) is 7.42. The summed E-state index contributed by atoms with van der Waals surface area (Å²) in [5.41, 5.74) is 0. The van der Waals surface area contributed by atoms with Crippen molar-refractivity contribution in [2.75, 3.05) is 19.6 Å². The Morgan fingerprint density at radius 2 is 1.56 bits per heavy atom. The molecule has 0 aromatic carbocycles. The van der Waals surface area contributed by atoms with E-state index < -0.39 is 0 Å². The van der Waals surface area contributed by atoms with Gasteiger partial charge in [0.05, 0.1) is 0 Å². The monoisotopic (exact) mass is 227 g/mol. The molecule has 0 aromatic heterocycles. The summed E-state index contributed by atoms with van der Waals surface area (Å²) in [7, 11) is 0. The molecule has 0 N–H and O–H groups in total. The van der Waals surface area contributed by atoms with Crippen LogP contribution in [0.5, 0.6) is 0 Å². The first-order valence-corrected chi connectivity index (χ1v) is 6.67. The Bertz CT molecular complexity index is 195. The van der Waals surface area contributed by atoms with E-state index in [0.29, 0.717) is 17.6 Å². The molecule has 0 bridgehead atoms. The average molecular weight is 227 g/mol. The summed E-state index contributed by atoms with van der Waals surface area (Å²) < 4.78 is 0. The summed E-state index contributed by atoms with van der Waals surface area (Å²) in [6.07, 6.45) is 0.726. The molecular weight excluding hydrogens is 198 g/mol. The van der Waals surface area contributed by atoms with Gasteiger partial charge in [-0.2, -0.15) is 0 Å². The maximum atomic E-state index is 12.1. The zero-order valence-electron chi connectivity index (χ0n) is 11.9. The van der Waals surface area contributed by atoms with E-state index >= 15 is 0 Å². The van der Waals surface area contributed by atoms with Crippen LogP contribution >= 0.6 is 0 Å². The van der Waals surface area contributed by atoms with Gasteiger partial charge in [-0.05, 0) is 24.9 Å². The van der Waals surface area contributed by atoms with E-state index in [2.05, 4.69) is 46.4 Å². The van der Waals surface area contributed by atoms with E-state index in [9.17, 15) is 4.79 Å². The zero-order chi connectivity index (χ0) is 12.7. The van der Waals surface area contributed by atoms with E-state index in [1.165, 1.54) is 0 Å². The van der Waals surface area contributed by atoms with Crippen molar-refractivity contribution in [3.63, 3.8) is 0 Å². The Morgan fingerprint density at radius 1 is 1.06 bits per heavy atom. The van der Waals surface area contributed by atoms with Gasteiger partial charge < -0.3 is 4.90 Å². The van der Waals surface area contributed by atoms with Gasteiger partial charge in [-0.1, -0.05) is 41.5 Å². The van der Waals surface area contributed by atoms with Crippen LogP contribution in [0.25, 0.3) is 0 Å². The van der Waals surface area contributed by atoms with Crippen molar-refractivity contribution in [3.05, 3.63) is 0 Å². The molecule has 0 aliphatic carbocycles. The van der Waals surface area contributed by atoms with E-state index in [1.807, 2.05) is 0 Å². The SMILES string of the molecule is CCN(CC)CC(C(=O)CC(C)C)C(C)C. The van der Waals surface area contributed by atoms with Crippen molar-refractivity contribution in [2.45, 2.75) is 48.0 Å². The van der Waals surface area contributed by atoms with Crippen LogP contribution in [0.3, 0.4) is 0 Å². The minimum absolute atomic E-state index is 0.210. The van der Waals surface area contributed by atoms with E-state index in [0.717, 1.165) is 26.1 Å². The average Bonchev–Trinajstić information content (AvgIpc) is 2.17. The second-order valence-corrected chi connectivity index (χ2v) is 5.40. The molecule has 96 valence electrons. The van der Waals surface area contributed by atoms with Crippen LogP contribution in [0.2, 0.25) is 0 Å². The first-order valence-electron chi connectivity index (χ1n) is 6.67. The smallest absolute Gasteiger partial charge is 0.137 e. The van der Waals surface area contributed by atoms with Crippen LogP contribution < -0.4 is 0 Å². The molecule has 0 aromatic rings. The summed E-state index contributed by atoms with van der Waals surface area (Å²) in [6.45, 7) is 15.9. The fourth-order valence-corrected chi connectivity index (χ4v) is 2.00. The van der Waals surface area contributed by atoms with Crippen LogP contribution in [0.15, 0.2) is 0 Å². The molecule has 0 radical (unpaired) electrons. The predicted octanol–water partition coefficient (Wildman–Crippen LogP) is 3.22. The molecule has 1 unspecified atom stereocenters. The van der Waals surface area contributed by atoms with E-state index in [-0.39, 0.29) is 5.92 Å².